The molecule has 0 aromatic heterocycles. The second-order valence-corrected chi connectivity index (χ2v) is 4.34. The van der Waals surface area contributed by atoms with Crippen LogP contribution in [0.3, 0.4) is 0 Å². The summed E-state index contributed by atoms with van der Waals surface area (Å²) in [6.07, 6.45) is 0. The minimum atomic E-state index is 0.741. The molecule has 0 atom stereocenters. The normalized spacial score (nSPS) is 11.6. The highest BCUT2D eigenvalue weighted by Gasteiger charge is 2.08. The van der Waals surface area contributed by atoms with Gasteiger partial charge in [0.05, 0.1) is 6.07 Å². The van der Waals surface area contributed by atoms with Gasteiger partial charge in [0.1, 0.15) is 0 Å². The molecule has 2 aromatic rings. The first-order valence-electron chi connectivity index (χ1n) is 5.96. The molecule has 0 saturated carbocycles. The molecule has 0 aliphatic heterocycles. The van der Waals surface area contributed by atoms with Gasteiger partial charge in [-0.3, -0.25) is 0 Å². The molecule has 0 spiro atoms. The van der Waals surface area contributed by atoms with Crippen molar-refractivity contribution in [2.75, 3.05) is 0 Å². The highest BCUT2D eigenvalue weighted by Crippen LogP contribution is 2.26. The summed E-state index contributed by atoms with van der Waals surface area (Å²) in [5.74, 6) is 0. The van der Waals surface area contributed by atoms with E-state index in [4.69, 9.17) is 0 Å². The average molecular weight is 233 g/mol. The molecule has 2 aromatic carbocycles. The molecular weight excluding hydrogens is 218 g/mol. The van der Waals surface area contributed by atoms with E-state index in [1.54, 1.807) is 0 Å². The summed E-state index contributed by atoms with van der Waals surface area (Å²) in [6.45, 7) is 3.93. The van der Waals surface area contributed by atoms with Crippen LogP contribution < -0.4 is 0 Å². The summed E-state index contributed by atoms with van der Waals surface area (Å²) < 4.78 is 0. The maximum Gasteiger partial charge on any atom is 0.0950 e. The number of hydrogen-bond donors (Lipinski definition) is 0. The van der Waals surface area contributed by atoms with Crippen LogP contribution in [0.25, 0.3) is 5.57 Å². The molecule has 1 heteroatoms. The highest BCUT2D eigenvalue weighted by atomic mass is 14.2. The molecule has 1 nitrogen and oxygen atoms in total. The molecule has 0 heterocycles. The third-order valence-corrected chi connectivity index (χ3v) is 2.95. The Morgan fingerprint density at radius 3 is 2.00 bits per heavy atom. The van der Waals surface area contributed by atoms with Gasteiger partial charge in [-0.2, -0.15) is 5.26 Å². The van der Waals surface area contributed by atoms with Crippen LogP contribution in [0.4, 0.5) is 0 Å². The minimum Gasteiger partial charge on any atom is -0.193 e. The summed E-state index contributed by atoms with van der Waals surface area (Å²) in [4.78, 5) is 0. The van der Waals surface area contributed by atoms with Crippen molar-refractivity contribution >= 4 is 5.57 Å². The van der Waals surface area contributed by atoms with Crippen molar-refractivity contribution in [1.29, 1.82) is 5.26 Å². The van der Waals surface area contributed by atoms with E-state index in [1.165, 1.54) is 5.56 Å². The number of hydrogen-bond acceptors (Lipinski definition) is 1. The fraction of sp³-hybridized carbons (Fsp3) is 0.118. The lowest BCUT2D eigenvalue weighted by molar-refractivity contribution is 1.40. The molecule has 0 aliphatic rings. The second-order valence-electron chi connectivity index (χ2n) is 4.34. The SMILES string of the molecule is CC(C#N)=C(c1ccccc1)c1ccc(C)cc1. The minimum absolute atomic E-state index is 0.741. The molecule has 18 heavy (non-hydrogen) atoms. The molecule has 0 aliphatic carbocycles. The van der Waals surface area contributed by atoms with Gasteiger partial charge in [-0.15, -0.1) is 0 Å². The van der Waals surface area contributed by atoms with Crippen molar-refractivity contribution in [3.63, 3.8) is 0 Å². The molecule has 0 fully saturated rings. The van der Waals surface area contributed by atoms with Gasteiger partial charge < -0.3 is 0 Å². The van der Waals surface area contributed by atoms with E-state index in [0.29, 0.717) is 0 Å². The molecule has 0 unspecified atom stereocenters. The fourth-order valence-electron chi connectivity index (χ4n) is 1.98. The van der Waals surface area contributed by atoms with Crippen LogP contribution in [0.2, 0.25) is 0 Å². The first-order chi connectivity index (χ1) is 8.72. The number of nitriles is 1. The van der Waals surface area contributed by atoms with Gasteiger partial charge >= 0.3 is 0 Å². The molecule has 2 rings (SSSR count). The third kappa shape index (κ3) is 2.49. The van der Waals surface area contributed by atoms with Crippen LogP contribution in [0.5, 0.6) is 0 Å². The van der Waals surface area contributed by atoms with Crippen molar-refractivity contribution < 1.29 is 0 Å². The smallest absolute Gasteiger partial charge is 0.0950 e. The summed E-state index contributed by atoms with van der Waals surface area (Å²) in [5, 5.41) is 9.17. The predicted octanol–water partition coefficient (Wildman–Crippen LogP) is 4.34. The van der Waals surface area contributed by atoms with Gasteiger partial charge in [-0.05, 0) is 25.0 Å². The lowest BCUT2D eigenvalue weighted by Gasteiger charge is -2.10. The van der Waals surface area contributed by atoms with E-state index < -0.39 is 0 Å². The van der Waals surface area contributed by atoms with Gasteiger partial charge in [-0.1, -0.05) is 60.2 Å². The standard InChI is InChI=1S/C17H15N/c1-13-8-10-16(11-9-13)17(14(2)12-18)15-6-4-3-5-7-15/h3-11H,1-2H3. The Bertz CT molecular complexity index is 598. The van der Waals surface area contributed by atoms with Crippen molar-refractivity contribution in [2.45, 2.75) is 13.8 Å². The Morgan fingerprint density at radius 1 is 0.889 bits per heavy atom. The zero-order chi connectivity index (χ0) is 13.0. The molecule has 0 bridgehead atoms. The number of nitrogens with zero attached hydrogens (tertiary/aromatic N) is 1. The van der Waals surface area contributed by atoms with Gasteiger partial charge in [0.2, 0.25) is 0 Å². The van der Waals surface area contributed by atoms with E-state index in [1.807, 2.05) is 37.3 Å². The van der Waals surface area contributed by atoms with E-state index in [2.05, 4.69) is 37.3 Å². The quantitative estimate of drug-likeness (QED) is 0.708. The number of aryl methyl sites for hydroxylation is 1. The van der Waals surface area contributed by atoms with Gasteiger partial charge in [-0.25, -0.2) is 0 Å². The number of rotatable bonds is 2. The lowest BCUT2D eigenvalue weighted by Crippen LogP contribution is -1.91. The Kier molecular flexibility index (Phi) is 3.60. The first-order valence-corrected chi connectivity index (χ1v) is 5.96. The summed E-state index contributed by atoms with van der Waals surface area (Å²) in [7, 11) is 0. The topological polar surface area (TPSA) is 23.8 Å². The highest BCUT2D eigenvalue weighted by molar-refractivity contribution is 5.83. The maximum absolute atomic E-state index is 9.17. The average Bonchev–Trinajstić information content (AvgIpc) is 2.42. The summed E-state index contributed by atoms with van der Waals surface area (Å²) in [6, 6.07) is 20.6. The molecular formula is C17H15N. The Labute approximate surface area is 108 Å². The van der Waals surface area contributed by atoms with Crippen LogP contribution in [0.15, 0.2) is 60.2 Å². The molecule has 88 valence electrons. The van der Waals surface area contributed by atoms with E-state index in [-0.39, 0.29) is 0 Å². The van der Waals surface area contributed by atoms with Crippen LogP contribution in [-0.2, 0) is 0 Å². The second kappa shape index (κ2) is 5.33. The van der Waals surface area contributed by atoms with E-state index in [9.17, 15) is 5.26 Å². The Hall–Kier alpha value is -2.33. The van der Waals surface area contributed by atoms with Gasteiger partial charge in [0, 0.05) is 11.1 Å². The molecule has 0 N–H and O–H groups in total. The summed E-state index contributed by atoms with van der Waals surface area (Å²) in [5.41, 5.74) is 5.15. The Morgan fingerprint density at radius 2 is 1.44 bits per heavy atom. The maximum atomic E-state index is 9.17. The van der Waals surface area contributed by atoms with Crippen molar-refractivity contribution in [1.82, 2.24) is 0 Å². The van der Waals surface area contributed by atoms with E-state index >= 15 is 0 Å². The fourth-order valence-corrected chi connectivity index (χ4v) is 1.98. The van der Waals surface area contributed by atoms with Crippen molar-refractivity contribution in [2.24, 2.45) is 0 Å². The largest absolute Gasteiger partial charge is 0.193 e. The van der Waals surface area contributed by atoms with Crippen LogP contribution in [-0.4, -0.2) is 0 Å². The molecule has 0 saturated heterocycles. The zero-order valence-corrected chi connectivity index (χ0v) is 10.6. The van der Waals surface area contributed by atoms with Crippen LogP contribution in [0.1, 0.15) is 23.6 Å². The van der Waals surface area contributed by atoms with Crippen molar-refractivity contribution in [3.8, 4) is 6.07 Å². The molecule has 0 radical (unpaired) electrons. The van der Waals surface area contributed by atoms with Crippen LogP contribution in [0, 0.1) is 18.3 Å². The zero-order valence-electron chi connectivity index (χ0n) is 10.6. The third-order valence-electron chi connectivity index (χ3n) is 2.95. The predicted molar refractivity (Wildman–Crippen MR) is 74.9 cm³/mol. The summed E-state index contributed by atoms with van der Waals surface area (Å²) >= 11 is 0. The Balaban J connectivity index is 2.60. The number of benzene rings is 2. The van der Waals surface area contributed by atoms with Gasteiger partial charge in [0.15, 0.2) is 0 Å². The molecule has 0 amide bonds. The van der Waals surface area contributed by atoms with Crippen LogP contribution >= 0.6 is 0 Å². The van der Waals surface area contributed by atoms with Crippen molar-refractivity contribution in [3.05, 3.63) is 76.9 Å². The monoisotopic (exact) mass is 233 g/mol. The number of allylic oxidation sites excluding steroid dienone is 1. The first kappa shape index (κ1) is 12.1. The lowest BCUT2D eigenvalue weighted by atomic mass is 9.93. The van der Waals surface area contributed by atoms with Gasteiger partial charge in [0.25, 0.3) is 0 Å². The van der Waals surface area contributed by atoms with E-state index in [0.717, 1.165) is 22.3 Å².